The van der Waals surface area contributed by atoms with Crippen LogP contribution in [0, 0.1) is 23.4 Å². The van der Waals surface area contributed by atoms with Crippen molar-refractivity contribution >= 4 is 23.4 Å². The van der Waals surface area contributed by atoms with Gasteiger partial charge in [-0.3, -0.25) is 9.78 Å². The number of primary amides is 1. The molecular weight excluding hydrogens is 491 g/mol. The normalized spacial score (nSPS) is 19.7. The maximum absolute atomic E-state index is 14.3. The first-order valence-electron chi connectivity index (χ1n) is 11.7. The van der Waals surface area contributed by atoms with Crippen LogP contribution in [0.4, 0.5) is 18.9 Å². The highest BCUT2D eigenvalue weighted by Crippen LogP contribution is 2.37. The quantitative estimate of drug-likeness (QED) is 0.363. The lowest BCUT2D eigenvalue weighted by Crippen LogP contribution is -2.36. The molecule has 2 saturated heterocycles. The summed E-state index contributed by atoms with van der Waals surface area (Å²) in [6.45, 7) is 3.06. The number of benzene rings is 1. The van der Waals surface area contributed by atoms with Crippen LogP contribution in [0.3, 0.4) is 0 Å². The number of hydrogen-bond acceptors (Lipinski definition) is 7. The maximum atomic E-state index is 14.3. The standard InChI is InChI=1S/C24H26F3N7OS/c1-32-23(14-3-4-19(22(28)35)29-11-14)30-31-24(32)36-8-2-6-33-12-15-5-7-34(20(15)13-33)21-17(26)9-16(25)10-18(21)27/h3-4,9-11,15,20H,2,5-8,12-13H2,1H3,(H2,28,35)/t15-,20+/m0/s1. The smallest absolute Gasteiger partial charge is 0.267 e. The minimum absolute atomic E-state index is 0.0305. The van der Waals surface area contributed by atoms with Gasteiger partial charge in [-0.2, -0.15) is 0 Å². The number of rotatable bonds is 8. The zero-order valence-corrected chi connectivity index (χ0v) is 20.5. The molecule has 36 heavy (non-hydrogen) atoms. The van der Waals surface area contributed by atoms with E-state index in [1.165, 1.54) is 0 Å². The van der Waals surface area contributed by atoms with Crippen LogP contribution in [-0.2, 0) is 7.05 Å². The molecule has 2 aliphatic heterocycles. The van der Waals surface area contributed by atoms with Crippen LogP contribution in [-0.4, -0.2) is 68.5 Å². The van der Waals surface area contributed by atoms with Gasteiger partial charge in [-0.05, 0) is 37.4 Å². The van der Waals surface area contributed by atoms with Crippen LogP contribution in [0.5, 0.6) is 0 Å². The summed E-state index contributed by atoms with van der Waals surface area (Å²) < 4.78 is 43.9. The van der Waals surface area contributed by atoms with E-state index in [0.717, 1.165) is 61.1 Å². The summed E-state index contributed by atoms with van der Waals surface area (Å²) in [6, 6.07) is 4.83. The number of carbonyl (C=O) groups is 1. The average Bonchev–Trinajstić information content (AvgIpc) is 3.51. The number of amides is 1. The predicted octanol–water partition coefficient (Wildman–Crippen LogP) is 3.09. The predicted molar refractivity (Wildman–Crippen MR) is 130 cm³/mol. The number of halogens is 3. The maximum Gasteiger partial charge on any atom is 0.267 e. The van der Waals surface area contributed by atoms with E-state index in [-0.39, 0.29) is 17.4 Å². The molecular formula is C24H26F3N7OS. The van der Waals surface area contributed by atoms with Gasteiger partial charge in [0.05, 0.1) is 0 Å². The third kappa shape index (κ3) is 4.79. The van der Waals surface area contributed by atoms with E-state index >= 15 is 0 Å². The van der Waals surface area contributed by atoms with Crippen molar-refractivity contribution in [2.24, 2.45) is 18.7 Å². The van der Waals surface area contributed by atoms with Gasteiger partial charge < -0.3 is 20.1 Å². The number of carbonyl (C=O) groups excluding carboxylic acids is 1. The summed E-state index contributed by atoms with van der Waals surface area (Å²) in [5.74, 6) is -1.34. The minimum Gasteiger partial charge on any atom is -0.364 e. The molecule has 1 amide bonds. The highest BCUT2D eigenvalue weighted by Gasteiger charge is 2.42. The Kier molecular flexibility index (Phi) is 6.89. The first-order valence-corrected chi connectivity index (χ1v) is 12.7. The third-order valence-electron chi connectivity index (χ3n) is 6.85. The number of nitrogens with zero attached hydrogens (tertiary/aromatic N) is 6. The zero-order chi connectivity index (χ0) is 25.4. The monoisotopic (exact) mass is 517 g/mol. The van der Waals surface area contributed by atoms with Gasteiger partial charge in [0, 0.05) is 62.4 Å². The lowest BCUT2D eigenvalue weighted by atomic mass is 10.0. The largest absolute Gasteiger partial charge is 0.364 e. The molecule has 12 heteroatoms. The number of pyridine rings is 1. The van der Waals surface area contributed by atoms with E-state index in [4.69, 9.17) is 5.73 Å². The zero-order valence-electron chi connectivity index (χ0n) is 19.7. The minimum atomic E-state index is -0.900. The van der Waals surface area contributed by atoms with Crippen LogP contribution in [0.1, 0.15) is 23.3 Å². The van der Waals surface area contributed by atoms with Gasteiger partial charge in [-0.15, -0.1) is 10.2 Å². The number of likely N-dealkylation sites (tertiary alicyclic amines) is 1. The average molecular weight is 518 g/mol. The van der Waals surface area contributed by atoms with E-state index in [2.05, 4.69) is 20.1 Å². The molecule has 3 aromatic rings. The lowest BCUT2D eigenvalue weighted by Gasteiger charge is -2.27. The Bertz CT molecular complexity index is 1250. The van der Waals surface area contributed by atoms with Crippen molar-refractivity contribution in [3.05, 3.63) is 53.6 Å². The van der Waals surface area contributed by atoms with Gasteiger partial charge in [0.1, 0.15) is 17.2 Å². The van der Waals surface area contributed by atoms with Gasteiger partial charge in [0.15, 0.2) is 22.6 Å². The number of fused-ring (bicyclic) bond motifs is 1. The van der Waals surface area contributed by atoms with E-state index in [1.807, 2.05) is 11.6 Å². The number of nitrogens with two attached hydrogens (primary N) is 1. The topological polar surface area (TPSA) is 93.2 Å². The van der Waals surface area contributed by atoms with E-state index in [9.17, 15) is 18.0 Å². The Balaban J connectivity index is 1.13. The number of hydrogen-bond donors (Lipinski definition) is 1. The van der Waals surface area contributed by atoms with Crippen molar-refractivity contribution in [1.82, 2.24) is 24.6 Å². The molecule has 0 saturated carbocycles. The lowest BCUT2D eigenvalue weighted by molar-refractivity contribution is 0.0995. The summed E-state index contributed by atoms with van der Waals surface area (Å²) >= 11 is 1.60. The SMILES string of the molecule is Cn1c(SCCCN2C[C@@H]3CCN(c4c(F)cc(F)cc4F)[C@@H]3C2)nnc1-c1ccc(C(N)=O)nc1. The summed E-state index contributed by atoms with van der Waals surface area (Å²) in [7, 11) is 1.88. The second-order valence-electron chi connectivity index (χ2n) is 9.15. The molecule has 2 N–H and O–H groups in total. The highest BCUT2D eigenvalue weighted by molar-refractivity contribution is 7.99. The molecule has 2 aliphatic rings. The summed E-state index contributed by atoms with van der Waals surface area (Å²) in [6.07, 6.45) is 3.33. The molecule has 0 spiro atoms. The molecule has 4 heterocycles. The summed E-state index contributed by atoms with van der Waals surface area (Å²) in [5, 5.41) is 9.29. The molecule has 2 aromatic heterocycles. The first kappa shape index (κ1) is 24.6. The first-order chi connectivity index (χ1) is 17.3. The second-order valence-corrected chi connectivity index (χ2v) is 10.2. The Morgan fingerprint density at radius 3 is 2.64 bits per heavy atom. The summed E-state index contributed by atoms with van der Waals surface area (Å²) in [4.78, 5) is 19.4. The second kappa shape index (κ2) is 10.1. The fraction of sp³-hybridized carbons (Fsp3) is 0.417. The van der Waals surface area contributed by atoms with Crippen molar-refractivity contribution in [3.8, 4) is 11.4 Å². The van der Waals surface area contributed by atoms with Crippen molar-refractivity contribution in [2.75, 3.05) is 36.8 Å². The third-order valence-corrected chi connectivity index (χ3v) is 7.96. The van der Waals surface area contributed by atoms with Crippen molar-refractivity contribution in [2.45, 2.75) is 24.0 Å². The number of anilines is 1. The molecule has 0 radical (unpaired) electrons. The van der Waals surface area contributed by atoms with Crippen molar-refractivity contribution in [1.29, 1.82) is 0 Å². The highest BCUT2D eigenvalue weighted by atomic mass is 32.2. The summed E-state index contributed by atoms with van der Waals surface area (Å²) in [5.41, 5.74) is 6.06. The Labute approximate surface area is 210 Å². The molecule has 5 rings (SSSR count). The van der Waals surface area contributed by atoms with Crippen molar-refractivity contribution < 1.29 is 18.0 Å². The van der Waals surface area contributed by atoms with Crippen LogP contribution < -0.4 is 10.6 Å². The number of thioether (sulfide) groups is 1. The van der Waals surface area contributed by atoms with Gasteiger partial charge in [-0.1, -0.05) is 11.8 Å². The van der Waals surface area contributed by atoms with Gasteiger partial charge in [0.2, 0.25) is 0 Å². The molecule has 0 bridgehead atoms. The molecule has 0 aliphatic carbocycles. The Hall–Kier alpha value is -3.12. The van der Waals surface area contributed by atoms with E-state index in [1.54, 1.807) is 35.0 Å². The van der Waals surface area contributed by atoms with Gasteiger partial charge in [-0.25, -0.2) is 13.2 Å². The Morgan fingerprint density at radius 2 is 1.94 bits per heavy atom. The van der Waals surface area contributed by atoms with Crippen LogP contribution >= 0.6 is 11.8 Å². The van der Waals surface area contributed by atoms with E-state index < -0.39 is 23.4 Å². The molecule has 2 atom stereocenters. The number of aromatic nitrogens is 4. The van der Waals surface area contributed by atoms with Gasteiger partial charge >= 0.3 is 0 Å². The Morgan fingerprint density at radius 1 is 1.17 bits per heavy atom. The molecule has 190 valence electrons. The van der Waals surface area contributed by atoms with E-state index in [0.29, 0.717) is 18.3 Å². The van der Waals surface area contributed by atoms with Gasteiger partial charge in [0.25, 0.3) is 5.91 Å². The van der Waals surface area contributed by atoms with Crippen molar-refractivity contribution in [3.63, 3.8) is 0 Å². The van der Waals surface area contributed by atoms with Crippen LogP contribution in [0.15, 0.2) is 35.6 Å². The molecule has 1 aromatic carbocycles. The fourth-order valence-corrected chi connectivity index (χ4v) is 5.97. The van der Waals surface area contributed by atoms with Crippen LogP contribution in [0.25, 0.3) is 11.4 Å². The molecule has 0 unspecified atom stereocenters. The molecule has 2 fully saturated rings. The fourth-order valence-electron chi connectivity index (χ4n) is 5.13. The van der Waals surface area contributed by atoms with Crippen LogP contribution in [0.2, 0.25) is 0 Å². The molecule has 8 nitrogen and oxygen atoms in total.